The number of hydrogen-bond donors (Lipinski definition) is 1. The van der Waals surface area contributed by atoms with Crippen LogP contribution in [0, 0.1) is 5.82 Å². The fraction of sp³-hybridized carbons (Fsp3) is 0.625. The monoisotopic (exact) mass is 317 g/mol. The number of rotatable bonds is 1. The molecule has 0 aromatic heterocycles. The highest BCUT2D eigenvalue weighted by Gasteiger charge is 2.46. The molecule has 1 aromatic rings. The normalized spacial score (nSPS) is 33.0. The van der Waals surface area contributed by atoms with Gasteiger partial charge in [0.2, 0.25) is 0 Å². The zero-order chi connectivity index (χ0) is 16.1. The summed E-state index contributed by atoms with van der Waals surface area (Å²) in [6, 6.07) is 3.19. The lowest BCUT2D eigenvalue weighted by molar-refractivity contribution is -0.140. The standard InChI is InChI=1S/C16H19F4NO/c1-21-11-3-2-4-12(21)9-15(22,8-11)10-5-6-14(17)13(7-10)16(18,19)20/h5-7,11-12,22H,2-4,8-9H2,1H3. The van der Waals surface area contributed by atoms with E-state index in [0.717, 1.165) is 31.4 Å². The number of halogens is 4. The van der Waals surface area contributed by atoms with E-state index in [1.54, 1.807) is 0 Å². The minimum atomic E-state index is -4.75. The van der Waals surface area contributed by atoms with Gasteiger partial charge in [0.05, 0.1) is 11.2 Å². The molecule has 0 spiro atoms. The Morgan fingerprint density at radius 3 is 2.32 bits per heavy atom. The van der Waals surface area contributed by atoms with E-state index in [9.17, 15) is 22.7 Å². The average Bonchev–Trinajstić information content (AvgIpc) is 2.40. The third-order valence-electron chi connectivity index (χ3n) is 5.18. The second kappa shape index (κ2) is 5.20. The Labute approximate surface area is 126 Å². The van der Waals surface area contributed by atoms with Gasteiger partial charge in [0.1, 0.15) is 5.82 Å². The van der Waals surface area contributed by atoms with Crippen molar-refractivity contribution < 1.29 is 22.7 Å². The third-order valence-corrected chi connectivity index (χ3v) is 5.18. The number of nitrogens with zero attached hydrogens (tertiary/aromatic N) is 1. The van der Waals surface area contributed by atoms with E-state index >= 15 is 0 Å². The summed E-state index contributed by atoms with van der Waals surface area (Å²) in [5.74, 6) is -1.30. The van der Waals surface area contributed by atoms with Gasteiger partial charge < -0.3 is 10.0 Å². The van der Waals surface area contributed by atoms with Crippen LogP contribution in [0.5, 0.6) is 0 Å². The molecule has 2 unspecified atom stereocenters. The molecule has 1 N–H and O–H groups in total. The molecule has 0 amide bonds. The molecule has 2 bridgehead atoms. The molecule has 1 aromatic carbocycles. The summed E-state index contributed by atoms with van der Waals surface area (Å²) in [5, 5.41) is 10.9. The number of hydrogen-bond acceptors (Lipinski definition) is 2. The van der Waals surface area contributed by atoms with Crippen molar-refractivity contribution in [3.63, 3.8) is 0 Å². The number of piperidine rings is 2. The summed E-state index contributed by atoms with van der Waals surface area (Å²) in [5.41, 5.74) is -2.44. The van der Waals surface area contributed by atoms with Crippen LogP contribution < -0.4 is 0 Å². The van der Waals surface area contributed by atoms with Crippen LogP contribution in [0.2, 0.25) is 0 Å². The Kier molecular flexibility index (Phi) is 3.72. The van der Waals surface area contributed by atoms with Crippen LogP contribution in [0.3, 0.4) is 0 Å². The molecule has 2 aliphatic rings. The van der Waals surface area contributed by atoms with Crippen LogP contribution >= 0.6 is 0 Å². The van der Waals surface area contributed by atoms with E-state index in [4.69, 9.17) is 0 Å². The van der Waals surface area contributed by atoms with Crippen LogP contribution in [-0.4, -0.2) is 29.1 Å². The summed E-state index contributed by atoms with van der Waals surface area (Å²) in [6.45, 7) is 0. The van der Waals surface area contributed by atoms with Gasteiger partial charge in [0.25, 0.3) is 0 Å². The fourth-order valence-corrected chi connectivity index (χ4v) is 3.92. The molecule has 2 fully saturated rings. The van der Waals surface area contributed by atoms with Crippen LogP contribution in [0.15, 0.2) is 18.2 Å². The maximum atomic E-state index is 13.4. The first-order valence-corrected chi connectivity index (χ1v) is 7.52. The predicted octanol–water partition coefficient (Wildman–Crippen LogP) is 3.68. The summed E-state index contributed by atoms with van der Waals surface area (Å²) in [4.78, 5) is 2.21. The summed E-state index contributed by atoms with van der Waals surface area (Å²) < 4.78 is 52.1. The van der Waals surface area contributed by atoms with Crippen LogP contribution in [0.4, 0.5) is 17.6 Å². The van der Waals surface area contributed by atoms with Gasteiger partial charge in [-0.15, -0.1) is 0 Å². The van der Waals surface area contributed by atoms with Gasteiger partial charge in [-0.05, 0) is 50.4 Å². The minimum Gasteiger partial charge on any atom is -0.385 e. The Hall–Kier alpha value is -1.14. The maximum absolute atomic E-state index is 13.4. The fourth-order valence-electron chi connectivity index (χ4n) is 3.92. The SMILES string of the molecule is CN1C2CCCC1CC(O)(c1ccc(F)c(C(F)(F)F)c1)C2. The highest BCUT2D eigenvalue weighted by atomic mass is 19.4. The number of alkyl halides is 3. The lowest BCUT2D eigenvalue weighted by Gasteiger charge is -2.50. The summed E-state index contributed by atoms with van der Waals surface area (Å²) in [6.07, 6.45) is -1.03. The van der Waals surface area contributed by atoms with Crippen molar-refractivity contribution in [1.29, 1.82) is 0 Å². The smallest absolute Gasteiger partial charge is 0.385 e. The van der Waals surface area contributed by atoms with Crippen molar-refractivity contribution in [3.05, 3.63) is 35.1 Å². The van der Waals surface area contributed by atoms with Crippen LogP contribution in [0.1, 0.15) is 43.2 Å². The van der Waals surface area contributed by atoms with Gasteiger partial charge in [-0.25, -0.2) is 4.39 Å². The van der Waals surface area contributed by atoms with Gasteiger partial charge in [-0.3, -0.25) is 0 Å². The Morgan fingerprint density at radius 1 is 1.18 bits per heavy atom. The van der Waals surface area contributed by atoms with E-state index in [1.807, 2.05) is 7.05 Å². The highest BCUT2D eigenvalue weighted by Crippen LogP contribution is 2.44. The molecule has 3 rings (SSSR count). The molecule has 0 saturated carbocycles. The Balaban J connectivity index is 1.97. The minimum absolute atomic E-state index is 0.164. The number of aliphatic hydroxyl groups is 1. The molecule has 22 heavy (non-hydrogen) atoms. The first-order valence-electron chi connectivity index (χ1n) is 7.52. The van der Waals surface area contributed by atoms with Gasteiger partial charge >= 0.3 is 6.18 Å². The van der Waals surface area contributed by atoms with E-state index in [2.05, 4.69) is 4.90 Å². The largest absolute Gasteiger partial charge is 0.419 e. The highest BCUT2D eigenvalue weighted by molar-refractivity contribution is 5.32. The van der Waals surface area contributed by atoms with Crippen LogP contribution in [0.25, 0.3) is 0 Å². The van der Waals surface area contributed by atoms with Crippen molar-refractivity contribution in [2.75, 3.05) is 7.05 Å². The predicted molar refractivity (Wildman–Crippen MR) is 73.7 cm³/mol. The lowest BCUT2D eigenvalue weighted by Crippen LogP contribution is -2.55. The Bertz CT molecular complexity index is 558. The van der Waals surface area contributed by atoms with Crippen molar-refractivity contribution in [3.8, 4) is 0 Å². The molecule has 0 aliphatic carbocycles. The molecule has 2 aliphatic heterocycles. The van der Waals surface area contributed by atoms with Gasteiger partial charge in [-0.2, -0.15) is 13.2 Å². The molecular formula is C16H19F4NO. The molecule has 122 valence electrons. The second-order valence-electron chi connectivity index (χ2n) is 6.54. The van der Waals surface area contributed by atoms with Crippen molar-refractivity contribution >= 4 is 0 Å². The summed E-state index contributed by atoms with van der Waals surface area (Å²) >= 11 is 0. The number of benzene rings is 1. The molecule has 2 saturated heterocycles. The Morgan fingerprint density at radius 2 is 1.77 bits per heavy atom. The van der Waals surface area contributed by atoms with E-state index in [0.29, 0.717) is 12.8 Å². The van der Waals surface area contributed by atoms with Crippen LogP contribution in [-0.2, 0) is 11.8 Å². The molecule has 2 heterocycles. The van der Waals surface area contributed by atoms with Gasteiger partial charge in [0.15, 0.2) is 0 Å². The first kappa shape index (κ1) is 15.7. The zero-order valence-electron chi connectivity index (χ0n) is 12.3. The molecule has 2 atom stereocenters. The quantitative estimate of drug-likeness (QED) is 0.799. The van der Waals surface area contributed by atoms with E-state index < -0.39 is 23.2 Å². The van der Waals surface area contributed by atoms with E-state index in [1.165, 1.54) is 6.07 Å². The topological polar surface area (TPSA) is 23.5 Å². The third kappa shape index (κ3) is 2.63. The number of fused-ring (bicyclic) bond motifs is 2. The lowest BCUT2D eigenvalue weighted by atomic mass is 9.72. The first-order chi connectivity index (χ1) is 10.2. The van der Waals surface area contributed by atoms with Gasteiger partial charge in [-0.1, -0.05) is 12.5 Å². The summed E-state index contributed by atoms with van der Waals surface area (Å²) in [7, 11) is 2.00. The molecule has 0 radical (unpaired) electrons. The second-order valence-corrected chi connectivity index (χ2v) is 6.54. The van der Waals surface area contributed by atoms with Gasteiger partial charge in [0, 0.05) is 12.1 Å². The molecule has 2 nitrogen and oxygen atoms in total. The zero-order valence-corrected chi connectivity index (χ0v) is 12.3. The molecular weight excluding hydrogens is 298 g/mol. The van der Waals surface area contributed by atoms with Crippen molar-refractivity contribution in [1.82, 2.24) is 4.90 Å². The van der Waals surface area contributed by atoms with Crippen molar-refractivity contribution in [2.24, 2.45) is 0 Å². The van der Waals surface area contributed by atoms with Crippen molar-refractivity contribution in [2.45, 2.75) is 56.0 Å². The maximum Gasteiger partial charge on any atom is 0.419 e. The van der Waals surface area contributed by atoms with E-state index in [-0.39, 0.29) is 17.6 Å². The molecule has 6 heteroatoms. The average molecular weight is 317 g/mol.